The zero-order valence-corrected chi connectivity index (χ0v) is 11.9. The van der Waals surface area contributed by atoms with Crippen LogP contribution in [0.5, 0.6) is 0 Å². The lowest BCUT2D eigenvalue weighted by Gasteiger charge is -2.25. The van der Waals surface area contributed by atoms with Gasteiger partial charge in [-0.2, -0.15) is 4.98 Å². The molecule has 0 spiro atoms. The molecule has 1 aromatic carbocycles. The number of nitrogens with one attached hydrogen (secondary N) is 2. The summed E-state index contributed by atoms with van der Waals surface area (Å²) in [5, 5.41) is 9.99. The Hall–Kier alpha value is -2.21. The molecule has 1 amide bonds. The third kappa shape index (κ3) is 3.28. The van der Waals surface area contributed by atoms with E-state index in [1.807, 2.05) is 12.1 Å². The maximum absolute atomic E-state index is 12.2. The number of carbonyl (C=O) groups is 1. The number of rotatable bonds is 4. The van der Waals surface area contributed by atoms with Crippen LogP contribution in [-0.4, -0.2) is 28.6 Å². The van der Waals surface area contributed by atoms with Gasteiger partial charge in [0.2, 0.25) is 11.8 Å². The summed E-state index contributed by atoms with van der Waals surface area (Å²) >= 11 is 0. The molecular formula is C15H18N4O2. The van der Waals surface area contributed by atoms with Crippen LogP contribution in [0.2, 0.25) is 0 Å². The van der Waals surface area contributed by atoms with Crippen molar-refractivity contribution in [2.75, 3.05) is 6.54 Å². The highest BCUT2D eigenvalue weighted by atomic mass is 16.5. The number of benzene rings is 1. The Morgan fingerprint density at radius 3 is 3.00 bits per heavy atom. The molecule has 110 valence electrons. The molecule has 0 saturated carbocycles. The maximum Gasteiger partial charge on any atom is 0.237 e. The van der Waals surface area contributed by atoms with Gasteiger partial charge in [0.1, 0.15) is 0 Å². The van der Waals surface area contributed by atoms with Crippen LogP contribution in [-0.2, 0) is 24.2 Å². The summed E-state index contributed by atoms with van der Waals surface area (Å²) in [5.74, 6) is 1.18. The van der Waals surface area contributed by atoms with E-state index in [2.05, 4.69) is 32.9 Å². The van der Waals surface area contributed by atoms with Crippen molar-refractivity contribution in [2.45, 2.75) is 32.4 Å². The first kappa shape index (κ1) is 13.8. The largest absolute Gasteiger partial charge is 0.354 e. The van der Waals surface area contributed by atoms with E-state index < -0.39 is 0 Å². The van der Waals surface area contributed by atoms with Gasteiger partial charge in [-0.05, 0) is 17.5 Å². The monoisotopic (exact) mass is 286 g/mol. The van der Waals surface area contributed by atoms with Gasteiger partial charge < -0.3 is 15.2 Å². The summed E-state index contributed by atoms with van der Waals surface area (Å²) in [6.45, 7) is 2.99. The molecule has 0 saturated heterocycles. The minimum absolute atomic E-state index is 0.0183. The Kier molecular flexibility index (Phi) is 3.96. The van der Waals surface area contributed by atoms with E-state index in [0.717, 1.165) is 13.0 Å². The number of hydrogen-bond donors (Lipinski definition) is 2. The van der Waals surface area contributed by atoms with E-state index in [0.29, 0.717) is 24.7 Å². The number of nitrogens with zero attached hydrogens (tertiary/aromatic N) is 2. The first-order chi connectivity index (χ1) is 10.2. The predicted octanol–water partition coefficient (Wildman–Crippen LogP) is 0.751. The average Bonchev–Trinajstić information content (AvgIpc) is 2.92. The normalized spacial score (nSPS) is 17.3. The molecule has 0 fully saturated rings. The zero-order chi connectivity index (χ0) is 14.7. The second-order valence-corrected chi connectivity index (χ2v) is 5.18. The number of aromatic nitrogens is 2. The Morgan fingerprint density at radius 1 is 1.43 bits per heavy atom. The Balaban J connectivity index is 1.50. The maximum atomic E-state index is 12.2. The topological polar surface area (TPSA) is 80.0 Å². The van der Waals surface area contributed by atoms with Crippen molar-refractivity contribution in [2.24, 2.45) is 0 Å². The van der Waals surface area contributed by atoms with Crippen LogP contribution in [0.15, 0.2) is 28.8 Å². The summed E-state index contributed by atoms with van der Waals surface area (Å²) in [7, 11) is 0. The van der Waals surface area contributed by atoms with E-state index in [-0.39, 0.29) is 11.9 Å². The summed E-state index contributed by atoms with van der Waals surface area (Å²) in [6.07, 6.45) is 1.30. The standard InChI is InChI=1S/C15H18N4O2/c1-10-18-14(19-21-10)6-7-16-15(20)13-8-11-4-2-3-5-12(11)9-17-13/h2-5,13,17H,6-9H2,1H3,(H,16,20)/t13-/m0/s1. The van der Waals surface area contributed by atoms with E-state index in [1.54, 1.807) is 6.92 Å². The summed E-state index contributed by atoms with van der Waals surface area (Å²) < 4.78 is 4.89. The van der Waals surface area contributed by atoms with Crippen LogP contribution in [0.25, 0.3) is 0 Å². The summed E-state index contributed by atoms with van der Waals surface area (Å²) in [5.41, 5.74) is 2.51. The van der Waals surface area contributed by atoms with Crippen LogP contribution in [0.1, 0.15) is 22.8 Å². The highest BCUT2D eigenvalue weighted by Crippen LogP contribution is 2.16. The van der Waals surface area contributed by atoms with Crippen molar-refractivity contribution < 1.29 is 9.32 Å². The van der Waals surface area contributed by atoms with Crippen LogP contribution >= 0.6 is 0 Å². The number of fused-ring (bicyclic) bond motifs is 1. The fourth-order valence-electron chi connectivity index (χ4n) is 2.50. The average molecular weight is 286 g/mol. The molecule has 2 aromatic rings. The van der Waals surface area contributed by atoms with Crippen molar-refractivity contribution in [3.63, 3.8) is 0 Å². The van der Waals surface area contributed by atoms with Crippen molar-refractivity contribution >= 4 is 5.91 Å². The predicted molar refractivity (Wildman–Crippen MR) is 76.5 cm³/mol. The molecular weight excluding hydrogens is 268 g/mol. The molecule has 6 nitrogen and oxygen atoms in total. The quantitative estimate of drug-likeness (QED) is 0.867. The number of aryl methyl sites for hydroxylation is 1. The Bertz CT molecular complexity index is 638. The van der Waals surface area contributed by atoms with Gasteiger partial charge in [0.25, 0.3) is 0 Å². The number of hydrogen-bond acceptors (Lipinski definition) is 5. The first-order valence-corrected chi connectivity index (χ1v) is 7.09. The van der Waals surface area contributed by atoms with E-state index in [4.69, 9.17) is 4.52 Å². The molecule has 1 aliphatic rings. The lowest BCUT2D eigenvalue weighted by Crippen LogP contribution is -2.48. The van der Waals surface area contributed by atoms with Gasteiger partial charge >= 0.3 is 0 Å². The van der Waals surface area contributed by atoms with E-state index in [9.17, 15) is 4.79 Å². The lowest BCUT2D eigenvalue weighted by molar-refractivity contribution is -0.123. The number of amides is 1. The summed E-state index contributed by atoms with van der Waals surface area (Å²) in [6, 6.07) is 8.03. The molecule has 1 aromatic heterocycles. The molecule has 0 unspecified atom stereocenters. The lowest BCUT2D eigenvalue weighted by atomic mass is 9.95. The van der Waals surface area contributed by atoms with Crippen LogP contribution < -0.4 is 10.6 Å². The minimum atomic E-state index is -0.174. The minimum Gasteiger partial charge on any atom is -0.354 e. The third-order valence-corrected chi connectivity index (χ3v) is 3.62. The van der Waals surface area contributed by atoms with Gasteiger partial charge in [0, 0.05) is 26.4 Å². The van der Waals surface area contributed by atoms with Gasteiger partial charge in [0.05, 0.1) is 6.04 Å². The second kappa shape index (κ2) is 6.05. The smallest absolute Gasteiger partial charge is 0.237 e. The van der Waals surface area contributed by atoms with Crippen molar-refractivity contribution in [1.82, 2.24) is 20.8 Å². The van der Waals surface area contributed by atoms with Crippen LogP contribution in [0.3, 0.4) is 0 Å². The van der Waals surface area contributed by atoms with E-state index >= 15 is 0 Å². The van der Waals surface area contributed by atoms with Gasteiger partial charge in [-0.3, -0.25) is 4.79 Å². The highest BCUT2D eigenvalue weighted by molar-refractivity contribution is 5.82. The summed E-state index contributed by atoms with van der Waals surface area (Å²) in [4.78, 5) is 16.3. The second-order valence-electron chi connectivity index (χ2n) is 5.18. The van der Waals surface area contributed by atoms with Crippen molar-refractivity contribution in [3.8, 4) is 0 Å². The van der Waals surface area contributed by atoms with Crippen LogP contribution in [0, 0.1) is 6.92 Å². The van der Waals surface area contributed by atoms with Crippen molar-refractivity contribution in [1.29, 1.82) is 0 Å². The zero-order valence-electron chi connectivity index (χ0n) is 11.9. The molecule has 3 rings (SSSR count). The van der Waals surface area contributed by atoms with Gasteiger partial charge in [0.15, 0.2) is 5.82 Å². The molecule has 0 radical (unpaired) electrons. The number of carbonyl (C=O) groups excluding carboxylic acids is 1. The van der Waals surface area contributed by atoms with Gasteiger partial charge in [-0.15, -0.1) is 0 Å². The molecule has 2 N–H and O–H groups in total. The van der Waals surface area contributed by atoms with Crippen LogP contribution in [0.4, 0.5) is 0 Å². The SMILES string of the molecule is Cc1nc(CCNC(=O)[C@@H]2Cc3ccccc3CN2)no1. The van der Waals surface area contributed by atoms with Gasteiger partial charge in [-0.1, -0.05) is 29.4 Å². The molecule has 2 heterocycles. The molecule has 0 bridgehead atoms. The Labute approximate surface area is 122 Å². The third-order valence-electron chi connectivity index (χ3n) is 3.62. The Morgan fingerprint density at radius 2 is 2.24 bits per heavy atom. The molecule has 0 aliphatic carbocycles. The van der Waals surface area contributed by atoms with Crippen molar-refractivity contribution in [3.05, 3.63) is 47.1 Å². The molecule has 6 heteroatoms. The van der Waals surface area contributed by atoms with E-state index in [1.165, 1.54) is 11.1 Å². The molecule has 21 heavy (non-hydrogen) atoms. The molecule has 1 aliphatic heterocycles. The molecule has 1 atom stereocenters. The highest BCUT2D eigenvalue weighted by Gasteiger charge is 2.23. The fourth-order valence-corrected chi connectivity index (χ4v) is 2.50. The first-order valence-electron chi connectivity index (χ1n) is 7.09. The van der Waals surface area contributed by atoms with Gasteiger partial charge in [-0.25, -0.2) is 0 Å². The fraction of sp³-hybridized carbons (Fsp3) is 0.400.